The summed E-state index contributed by atoms with van der Waals surface area (Å²) in [7, 11) is 4.69. The number of hydrogen-bond acceptors (Lipinski definition) is 5. The predicted molar refractivity (Wildman–Crippen MR) is 120 cm³/mol. The number of ketones is 1. The van der Waals surface area contributed by atoms with Gasteiger partial charge in [0, 0.05) is 23.4 Å². The molecule has 0 saturated carbocycles. The van der Waals surface area contributed by atoms with E-state index >= 15 is 0 Å². The van der Waals surface area contributed by atoms with Crippen molar-refractivity contribution in [2.75, 3.05) is 27.9 Å². The lowest BCUT2D eigenvalue weighted by atomic mass is 9.89. The number of Topliss-reactive ketones (excluding diaryl/α,β-unsaturated/α-hetero) is 1. The van der Waals surface area contributed by atoms with Gasteiger partial charge in [0.1, 0.15) is 0 Å². The third-order valence-corrected chi connectivity index (χ3v) is 5.55. The predicted octanol–water partition coefficient (Wildman–Crippen LogP) is 4.12. The van der Waals surface area contributed by atoms with Gasteiger partial charge in [-0.3, -0.25) is 4.79 Å². The zero-order valence-corrected chi connectivity index (χ0v) is 18.6. The first-order valence-corrected chi connectivity index (χ1v) is 10.1. The van der Waals surface area contributed by atoms with Crippen molar-refractivity contribution < 1.29 is 19.0 Å². The first kappa shape index (κ1) is 21.6. The number of rotatable bonds is 7. The molecule has 1 heterocycles. The molecule has 0 aromatic heterocycles. The highest BCUT2D eigenvalue weighted by molar-refractivity contribution is 7.80. The normalized spacial score (nSPS) is 16.2. The zero-order valence-electron chi connectivity index (χ0n) is 17.8. The van der Waals surface area contributed by atoms with Crippen LogP contribution in [0.1, 0.15) is 35.8 Å². The van der Waals surface area contributed by atoms with Crippen LogP contribution in [0.4, 0.5) is 0 Å². The van der Waals surface area contributed by atoms with Gasteiger partial charge in [0.25, 0.3) is 0 Å². The summed E-state index contributed by atoms with van der Waals surface area (Å²) < 4.78 is 16.5. The van der Waals surface area contributed by atoms with Crippen molar-refractivity contribution >= 4 is 23.1 Å². The van der Waals surface area contributed by atoms with E-state index in [9.17, 15) is 4.79 Å². The van der Waals surface area contributed by atoms with E-state index in [1.807, 2.05) is 61.2 Å². The third kappa shape index (κ3) is 3.85. The Morgan fingerprint density at radius 2 is 1.67 bits per heavy atom. The molecule has 0 saturated heterocycles. The van der Waals surface area contributed by atoms with Gasteiger partial charge in [0.2, 0.25) is 5.75 Å². The smallest absolute Gasteiger partial charge is 0.203 e. The van der Waals surface area contributed by atoms with Gasteiger partial charge in [-0.15, -0.1) is 0 Å². The number of thiocarbonyl (C=S) groups is 1. The first-order chi connectivity index (χ1) is 14.5. The SMILES string of the molecule is CCN1C(=S)NC(c2cc(OC)c(OC)c(OC)c2)C(C(=O)c2ccccc2)=C1C. The van der Waals surface area contributed by atoms with Crippen molar-refractivity contribution in [3.05, 3.63) is 64.9 Å². The second-order valence-electron chi connectivity index (χ2n) is 6.78. The van der Waals surface area contributed by atoms with E-state index in [-0.39, 0.29) is 5.78 Å². The highest BCUT2D eigenvalue weighted by Gasteiger charge is 2.34. The number of carbonyl (C=O) groups excluding carboxylic acids is 1. The molecule has 0 amide bonds. The fourth-order valence-corrected chi connectivity index (χ4v) is 4.10. The quantitative estimate of drug-likeness (QED) is 0.528. The molecule has 0 fully saturated rings. The number of allylic oxidation sites excluding steroid dienone is 1. The van der Waals surface area contributed by atoms with E-state index in [4.69, 9.17) is 26.4 Å². The van der Waals surface area contributed by atoms with Gasteiger partial charge in [-0.2, -0.15) is 0 Å². The van der Waals surface area contributed by atoms with E-state index in [2.05, 4.69) is 5.32 Å². The van der Waals surface area contributed by atoms with Crippen LogP contribution < -0.4 is 19.5 Å². The second-order valence-corrected chi connectivity index (χ2v) is 7.17. The summed E-state index contributed by atoms with van der Waals surface area (Å²) in [5, 5.41) is 3.90. The van der Waals surface area contributed by atoms with Crippen molar-refractivity contribution in [1.82, 2.24) is 10.2 Å². The van der Waals surface area contributed by atoms with E-state index in [1.54, 1.807) is 21.3 Å². The van der Waals surface area contributed by atoms with Crippen LogP contribution in [0.5, 0.6) is 17.2 Å². The van der Waals surface area contributed by atoms with Crippen molar-refractivity contribution in [3.63, 3.8) is 0 Å². The van der Waals surface area contributed by atoms with Crippen LogP contribution in [0.3, 0.4) is 0 Å². The number of benzene rings is 2. The summed E-state index contributed by atoms with van der Waals surface area (Å²) in [6, 6.07) is 12.5. The Labute approximate surface area is 182 Å². The molecule has 158 valence electrons. The molecule has 6 nitrogen and oxygen atoms in total. The Hall–Kier alpha value is -3.06. The fraction of sp³-hybridized carbons (Fsp3) is 0.304. The number of carbonyl (C=O) groups is 1. The summed E-state index contributed by atoms with van der Waals surface area (Å²) in [4.78, 5) is 15.5. The average Bonchev–Trinajstić information content (AvgIpc) is 2.78. The van der Waals surface area contributed by atoms with Crippen LogP contribution in [0.25, 0.3) is 0 Å². The minimum atomic E-state index is -0.457. The molecule has 0 radical (unpaired) electrons. The molecule has 1 atom stereocenters. The zero-order chi connectivity index (χ0) is 21.8. The molecule has 30 heavy (non-hydrogen) atoms. The Kier molecular flexibility index (Phi) is 6.62. The molecule has 0 spiro atoms. The van der Waals surface area contributed by atoms with E-state index in [1.165, 1.54) is 0 Å². The van der Waals surface area contributed by atoms with Gasteiger partial charge >= 0.3 is 0 Å². The van der Waals surface area contributed by atoms with Crippen molar-refractivity contribution in [2.45, 2.75) is 19.9 Å². The van der Waals surface area contributed by atoms with Crippen molar-refractivity contribution in [2.24, 2.45) is 0 Å². The van der Waals surface area contributed by atoms with Crippen molar-refractivity contribution in [1.29, 1.82) is 0 Å². The number of methoxy groups -OCH3 is 3. The molecular weight excluding hydrogens is 400 g/mol. The summed E-state index contributed by atoms with van der Waals surface area (Å²) in [6.45, 7) is 4.59. The molecule has 0 aliphatic carbocycles. The van der Waals surface area contributed by atoms with Crippen LogP contribution in [0, 0.1) is 0 Å². The number of nitrogens with zero attached hydrogens (tertiary/aromatic N) is 1. The minimum Gasteiger partial charge on any atom is -0.493 e. The van der Waals surface area contributed by atoms with Gasteiger partial charge in [-0.05, 0) is 43.8 Å². The third-order valence-electron chi connectivity index (χ3n) is 5.21. The Morgan fingerprint density at radius 3 is 2.17 bits per heavy atom. The largest absolute Gasteiger partial charge is 0.493 e. The number of ether oxygens (including phenoxy) is 3. The van der Waals surface area contributed by atoms with Crippen LogP contribution in [0.2, 0.25) is 0 Å². The maximum Gasteiger partial charge on any atom is 0.203 e. The van der Waals surface area contributed by atoms with Gasteiger partial charge in [-0.1, -0.05) is 30.3 Å². The lowest BCUT2D eigenvalue weighted by Gasteiger charge is -2.37. The molecule has 2 aromatic carbocycles. The summed E-state index contributed by atoms with van der Waals surface area (Å²) in [5.74, 6) is 1.47. The lowest BCUT2D eigenvalue weighted by molar-refractivity contribution is 0.102. The topological polar surface area (TPSA) is 60.0 Å². The standard InChI is InChI=1S/C23H26N2O4S/c1-6-25-14(2)19(21(26)15-10-8-7-9-11-15)20(24-23(25)30)16-12-17(27-3)22(29-5)18(13-16)28-4/h7-13,20H,6H2,1-5H3,(H,24,30). The van der Waals surface area contributed by atoms with Crippen LogP contribution in [0.15, 0.2) is 53.7 Å². The molecule has 2 aromatic rings. The van der Waals surface area contributed by atoms with Gasteiger partial charge in [-0.25, -0.2) is 0 Å². The summed E-state index contributed by atoms with van der Waals surface area (Å²) >= 11 is 5.59. The Bertz CT molecular complexity index is 963. The van der Waals surface area contributed by atoms with Gasteiger partial charge in [0.05, 0.1) is 27.4 Å². The van der Waals surface area contributed by atoms with Crippen LogP contribution in [-0.4, -0.2) is 43.7 Å². The highest BCUT2D eigenvalue weighted by Crippen LogP contribution is 2.42. The molecule has 1 aliphatic rings. The molecule has 1 N–H and O–H groups in total. The molecular formula is C23H26N2O4S. The summed E-state index contributed by atoms with van der Waals surface area (Å²) in [5.41, 5.74) is 2.87. The molecule has 1 aliphatic heterocycles. The monoisotopic (exact) mass is 426 g/mol. The van der Waals surface area contributed by atoms with E-state index in [0.29, 0.717) is 40.0 Å². The molecule has 7 heteroatoms. The Balaban J connectivity index is 2.20. The highest BCUT2D eigenvalue weighted by atomic mass is 32.1. The van der Waals surface area contributed by atoms with Crippen LogP contribution >= 0.6 is 12.2 Å². The van der Waals surface area contributed by atoms with Gasteiger partial charge in [0.15, 0.2) is 22.4 Å². The van der Waals surface area contributed by atoms with E-state index in [0.717, 1.165) is 11.3 Å². The van der Waals surface area contributed by atoms with Crippen LogP contribution in [-0.2, 0) is 0 Å². The lowest BCUT2D eigenvalue weighted by Crippen LogP contribution is -2.47. The molecule has 3 rings (SSSR count). The Morgan fingerprint density at radius 1 is 1.07 bits per heavy atom. The average molecular weight is 427 g/mol. The maximum absolute atomic E-state index is 13.5. The summed E-state index contributed by atoms with van der Waals surface area (Å²) in [6.07, 6.45) is 0. The molecule has 0 bridgehead atoms. The van der Waals surface area contributed by atoms with Crippen molar-refractivity contribution in [3.8, 4) is 17.2 Å². The fourth-order valence-electron chi connectivity index (χ4n) is 3.72. The second kappa shape index (κ2) is 9.17. The number of nitrogens with one attached hydrogen (secondary N) is 1. The molecule has 1 unspecified atom stereocenters. The van der Waals surface area contributed by atoms with E-state index < -0.39 is 6.04 Å². The number of hydrogen-bond donors (Lipinski definition) is 1. The minimum absolute atomic E-state index is 0.0553. The first-order valence-electron chi connectivity index (χ1n) is 9.65. The maximum atomic E-state index is 13.5. The van der Waals surface area contributed by atoms with Gasteiger partial charge < -0.3 is 24.4 Å².